The average molecular weight is 336 g/mol. The van der Waals surface area contributed by atoms with Gasteiger partial charge < -0.3 is 4.74 Å². The molecule has 9 heteroatoms. The molecule has 0 spiro atoms. The van der Waals surface area contributed by atoms with E-state index >= 15 is 0 Å². The normalized spacial score (nSPS) is 12.7. The van der Waals surface area contributed by atoms with Crippen LogP contribution in [0.3, 0.4) is 0 Å². The van der Waals surface area contributed by atoms with Crippen LogP contribution in [-0.4, -0.2) is 12.6 Å². The Morgan fingerprint density at radius 1 is 1.29 bits per heavy atom. The Morgan fingerprint density at radius 2 is 1.86 bits per heavy atom. The summed E-state index contributed by atoms with van der Waals surface area (Å²) in [6, 6.07) is 5.42. The Morgan fingerprint density at radius 3 is 2.29 bits per heavy atom. The van der Waals surface area contributed by atoms with Gasteiger partial charge >= 0.3 is 6.36 Å². The largest absolute Gasteiger partial charge is 0.573 e. The highest BCUT2D eigenvalue weighted by Gasteiger charge is 2.31. The third-order valence-electron chi connectivity index (χ3n) is 2.08. The summed E-state index contributed by atoms with van der Waals surface area (Å²) in [5.41, 5.74) is -0.00829. The summed E-state index contributed by atoms with van der Waals surface area (Å²) in [4.78, 5) is 3.83. The first-order valence-corrected chi connectivity index (χ1v) is 6.08. The van der Waals surface area contributed by atoms with Crippen molar-refractivity contribution in [3.05, 3.63) is 22.2 Å². The maximum absolute atomic E-state index is 12.1. The molecule has 0 fully saturated rings. The lowest BCUT2D eigenvalue weighted by Gasteiger charge is -2.10. The highest BCUT2D eigenvalue weighted by molar-refractivity contribution is 6.39. The van der Waals surface area contributed by atoms with Gasteiger partial charge in [0.05, 0.1) is 34.5 Å². The van der Waals surface area contributed by atoms with E-state index in [1.165, 1.54) is 0 Å². The van der Waals surface area contributed by atoms with E-state index in [0.717, 1.165) is 18.3 Å². The molecule has 0 aliphatic carbocycles. The standard InChI is InChI=1S/C12H6Cl2F3N3O/c13-9-3-8(21-12(15,16)17)4-10(14)11(9)20-6-7(5-19)1-2-18/h3-4,6-7H,1H2. The van der Waals surface area contributed by atoms with Crippen molar-refractivity contribution >= 4 is 35.1 Å². The van der Waals surface area contributed by atoms with Crippen LogP contribution in [0.15, 0.2) is 17.1 Å². The number of hydrogen-bond acceptors (Lipinski definition) is 4. The van der Waals surface area contributed by atoms with Gasteiger partial charge in [0.2, 0.25) is 0 Å². The van der Waals surface area contributed by atoms with E-state index in [-0.39, 0.29) is 22.2 Å². The zero-order valence-corrected chi connectivity index (χ0v) is 11.7. The van der Waals surface area contributed by atoms with Gasteiger partial charge in [-0.15, -0.1) is 13.2 Å². The minimum absolute atomic E-state index is 0.00829. The molecule has 0 bridgehead atoms. The Bertz CT molecular complexity index is 609. The number of alkyl halides is 3. The molecule has 1 rings (SSSR count). The Kier molecular flexibility index (Phi) is 5.83. The number of hydrogen-bond donors (Lipinski definition) is 0. The molecule has 4 nitrogen and oxygen atoms in total. The molecule has 0 aromatic heterocycles. The van der Waals surface area contributed by atoms with Gasteiger partial charge in [0, 0.05) is 18.3 Å². The van der Waals surface area contributed by atoms with Crippen molar-refractivity contribution in [1.82, 2.24) is 0 Å². The van der Waals surface area contributed by atoms with Crippen molar-refractivity contribution in [2.75, 3.05) is 0 Å². The third kappa shape index (κ3) is 5.50. The molecule has 0 aliphatic heterocycles. The van der Waals surface area contributed by atoms with Crippen LogP contribution >= 0.6 is 23.2 Å². The van der Waals surface area contributed by atoms with Crippen LogP contribution in [0.2, 0.25) is 10.0 Å². The minimum Gasteiger partial charge on any atom is -0.406 e. The molecule has 1 aromatic carbocycles. The van der Waals surface area contributed by atoms with E-state index in [2.05, 4.69) is 9.73 Å². The van der Waals surface area contributed by atoms with Gasteiger partial charge in [0.1, 0.15) is 11.4 Å². The SMILES string of the molecule is N#CCC(C#N)C=Nc1c(Cl)cc(OC(F)(F)F)cc1Cl. The van der Waals surface area contributed by atoms with Crippen LogP contribution in [-0.2, 0) is 0 Å². The molecule has 1 unspecified atom stereocenters. The van der Waals surface area contributed by atoms with Crippen molar-refractivity contribution in [1.29, 1.82) is 10.5 Å². The van der Waals surface area contributed by atoms with Crippen molar-refractivity contribution in [2.45, 2.75) is 12.8 Å². The summed E-state index contributed by atoms with van der Waals surface area (Å²) in [6.07, 6.45) is -3.79. The molecule has 0 amide bonds. The Labute approximate surface area is 128 Å². The van der Waals surface area contributed by atoms with Crippen molar-refractivity contribution in [2.24, 2.45) is 10.9 Å². The fourth-order valence-corrected chi connectivity index (χ4v) is 1.82. The number of halogens is 5. The zero-order chi connectivity index (χ0) is 16.0. The molecule has 0 saturated heterocycles. The smallest absolute Gasteiger partial charge is 0.406 e. The summed E-state index contributed by atoms with van der Waals surface area (Å²) in [6.45, 7) is 0. The van der Waals surface area contributed by atoms with Crippen LogP contribution < -0.4 is 4.74 Å². The molecule has 0 aliphatic rings. The number of aliphatic imine (C=N–C) groups is 1. The van der Waals surface area contributed by atoms with Gasteiger partial charge in [-0.3, -0.25) is 4.99 Å². The molecule has 0 heterocycles. The fraction of sp³-hybridized carbons (Fsp3) is 0.250. The van der Waals surface area contributed by atoms with Crippen LogP contribution in [0.1, 0.15) is 6.42 Å². The highest BCUT2D eigenvalue weighted by atomic mass is 35.5. The van der Waals surface area contributed by atoms with Gasteiger partial charge in [0.25, 0.3) is 0 Å². The number of benzene rings is 1. The maximum atomic E-state index is 12.1. The van der Waals surface area contributed by atoms with Crippen LogP contribution in [0, 0.1) is 28.6 Å². The van der Waals surface area contributed by atoms with Crippen LogP contribution in [0.4, 0.5) is 18.9 Å². The maximum Gasteiger partial charge on any atom is 0.573 e. The first-order chi connectivity index (χ1) is 9.76. The molecule has 0 radical (unpaired) electrons. The first kappa shape index (κ1) is 17.1. The molecule has 1 atom stereocenters. The molecule has 0 N–H and O–H groups in total. The Balaban J connectivity index is 3.04. The van der Waals surface area contributed by atoms with Crippen LogP contribution in [0.5, 0.6) is 5.75 Å². The van der Waals surface area contributed by atoms with E-state index in [9.17, 15) is 13.2 Å². The number of nitrogens with zero attached hydrogens (tertiary/aromatic N) is 3. The van der Waals surface area contributed by atoms with Gasteiger partial charge in [-0.25, -0.2) is 0 Å². The van der Waals surface area contributed by atoms with Gasteiger partial charge in [-0.05, 0) is 0 Å². The van der Waals surface area contributed by atoms with E-state index in [4.69, 9.17) is 33.7 Å². The molecule has 1 aromatic rings. The molecule has 110 valence electrons. The molecular formula is C12H6Cl2F3N3O. The van der Waals surface area contributed by atoms with E-state index in [1.54, 1.807) is 6.07 Å². The summed E-state index contributed by atoms with van der Waals surface area (Å²) >= 11 is 11.5. The predicted octanol–water partition coefficient (Wildman–Crippen LogP) is 4.65. The van der Waals surface area contributed by atoms with Crippen molar-refractivity contribution in [3.8, 4) is 17.9 Å². The Hall–Kier alpha value is -1.96. The summed E-state index contributed by atoms with van der Waals surface area (Å²) in [7, 11) is 0. The first-order valence-electron chi connectivity index (χ1n) is 5.32. The highest BCUT2D eigenvalue weighted by Crippen LogP contribution is 2.38. The second-order valence-corrected chi connectivity index (χ2v) is 4.47. The lowest BCUT2D eigenvalue weighted by atomic mass is 10.1. The predicted molar refractivity (Wildman–Crippen MR) is 70.6 cm³/mol. The molecular weight excluding hydrogens is 330 g/mol. The summed E-state index contributed by atoms with van der Waals surface area (Å²) in [5, 5.41) is 16.9. The monoisotopic (exact) mass is 335 g/mol. The van der Waals surface area contributed by atoms with E-state index < -0.39 is 18.0 Å². The average Bonchev–Trinajstić information content (AvgIpc) is 2.34. The number of rotatable bonds is 4. The van der Waals surface area contributed by atoms with Crippen molar-refractivity contribution < 1.29 is 17.9 Å². The zero-order valence-electron chi connectivity index (χ0n) is 10.2. The van der Waals surface area contributed by atoms with Crippen molar-refractivity contribution in [3.63, 3.8) is 0 Å². The van der Waals surface area contributed by atoms with Gasteiger partial charge in [-0.2, -0.15) is 10.5 Å². The lowest BCUT2D eigenvalue weighted by Crippen LogP contribution is -2.17. The van der Waals surface area contributed by atoms with Crippen LogP contribution in [0.25, 0.3) is 0 Å². The summed E-state index contributed by atoms with van der Waals surface area (Å²) in [5.74, 6) is -1.35. The van der Waals surface area contributed by atoms with Gasteiger partial charge in [-0.1, -0.05) is 23.2 Å². The molecule has 0 saturated carbocycles. The summed E-state index contributed by atoms with van der Waals surface area (Å²) < 4.78 is 39.9. The topological polar surface area (TPSA) is 69.2 Å². The van der Waals surface area contributed by atoms with E-state index in [1.807, 2.05) is 6.07 Å². The molecule has 21 heavy (non-hydrogen) atoms. The quantitative estimate of drug-likeness (QED) is 0.752. The van der Waals surface area contributed by atoms with E-state index in [0.29, 0.717) is 0 Å². The number of ether oxygens (including phenoxy) is 1. The second-order valence-electron chi connectivity index (χ2n) is 3.66. The van der Waals surface area contributed by atoms with Gasteiger partial charge in [0.15, 0.2) is 0 Å². The fourth-order valence-electron chi connectivity index (χ4n) is 1.25. The lowest BCUT2D eigenvalue weighted by molar-refractivity contribution is -0.274. The minimum atomic E-state index is -4.86. The number of nitriles is 2. The third-order valence-corrected chi connectivity index (χ3v) is 2.66. The second kappa shape index (κ2) is 7.16.